The summed E-state index contributed by atoms with van der Waals surface area (Å²) in [5, 5.41) is 2.87. The summed E-state index contributed by atoms with van der Waals surface area (Å²) in [7, 11) is -3.45. The van der Waals surface area contributed by atoms with E-state index >= 15 is 0 Å². The lowest BCUT2D eigenvalue weighted by Crippen LogP contribution is -2.39. The number of amides is 1. The van der Waals surface area contributed by atoms with Crippen LogP contribution in [0.25, 0.3) is 0 Å². The maximum atomic E-state index is 12.8. The Bertz CT molecular complexity index is 712. The van der Waals surface area contributed by atoms with Gasteiger partial charge in [0.25, 0.3) is 0 Å². The summed E-state index contributed by atoms with van der Waals surface area (Å²) in [5.41, 5.74) is 0.637. The first kappa shape index (κ1) is 19.3. The summed E-state index contributed by atoms with van der Waals surface area (Å²) in [6, 6.07) is 6.53. The van der Waals surface area contributed by atoms with Gasteiger partial charge in [-0.25, -0.2) is 8.42 Å². The third-order valence-corrected chi connectivity index (χ3v) is 7.09. The van der Waals surface area contributed by atoms with Gasteiger partial charge in [0.1, 0.15) is 0 Å². The van der Waals surface area contributed by atoms with E-state index in [-0.39, 0.29) is 5.91 Å². The molecule has 0 spiro atoms. The van der Waals surface area contributed by atoms with Crippen molar-refractivity contribution in [2.75, 3.05) is 38.0 Å². The number of sulfonamides is 1. The monoisotopic (exact) mass is 379 g/mol. The van der Waals surface area contributed by atoms with Crippen molar-refractivity contribution in [1.29, 1.82) is 0 Å². The Morgan fingerprint density at radius 1 is 1.08 bits per heavy atom. The van der Waals surface area contributed by atoms with Crippen LogP contribution in [0.5, 0.6) is 0 Å². The summed E-state index contributed by atoms with van der Waals surface area (Å²) < 4.78 is 27.1. The fourth-order valence-electron chi connectivity index (χ4n) is 3.75. The zero-order valence-electron chi connectivity index (χ0n) is 15.5. The lowest BCUT2D eigenvalue weighted by Gasteiger charge is -2.30. The third-order valence-electron chi connectivity index (χ3n) is 5.21. The largest absolute Gasteiger partial charge is 0.325 e. The molecule has 2 aliphatic heterocycles. The van der Waals surface area contributed by atoms with E-state index in [9.17, 15) is 13.2 Å². The van der Waals surface area contributed by atoms with Crippen molar-refractivity contribution in [2.24, 2.45) is 5.92 Å². The van der Waals surface area contributed by atoms with Crippen LogP contribution in [0.4, 0.5) is 5.69 Å². The Morgan fingerprint density at radius 2 is 1.77 bits per heavy atom. The van der Waals surface area contributed by atoms with Crippen LogP contribution >= 0.6 is 0 Å². The number of nitrogens with zero attached hydrogens (tertiary/aromatic N) is 2. The molecule has 144 valence electrons. The Labute approximate surface area is 156 Å². The van der Waals surface area contributed by atoms with Crippen LogP contribution < -0.4 is 5.32 Å². The van der Waals surface area contributed by atoms with Crippen molar-refractivity contribution < 1.29 is 13.2 Å². The zero-order valence-corrected chi connectivity index (χ0v) is 16.3. The summed E-state index contributed by atoms with van der Waals surface area (Å²) in [6.45, 7) is 5.59. The molecule has 6 nitrogen and oxygen atoms in total. The highest BCUT2D eigenvalue weighted by Crippen LogP contribution is 2.24. The number of piperidine rings is 2. The molecule has 0 radical (unpaired) electrons. The zero-order chi connectivity index (χ0) is 18.6. The molecule has 1 aromatic rings. The molecule has 1 N–H and O–H groups in total. The van der Waals surface area contributed by atoms with Crippen LogP contribution in [0.2, 0.25) is 0 Å². The number of likely N-dealkylation sites (tertiary alicyclic amines) is 1. The minimum Gasteiger partial charge on any atom is -0.325 e. The van der Waals surface area contributed by atoms with E-state index in [1.165, 1.54) is 6.42 Å². The smallest absolute Gasteiger partial charge is 0.243 e. The van der Waals surface area contributed by atoms with Crippen LogP contribution in [0, 0.1) is 5.92 Å². The van der Waals surface area contributed by atoms with Crippen LogP contribution in [0.1, 0.15) is 39.0 Å². The molecule has 0 saturated carbocycles. The fourth-order valence-corrected chi connectivity index (χ4v) is 5.34. The average Bonchev–Trinajstić information content (AvgIpc) is 2.63. The standard InChI is InChI=1S/C19H29N3O3S/c1-16-6-5-13-22(14-16)26(24,25)18-9-7-17(8-10-18)20-19(23)15-21-11-3-2-4-12-21/h7-10,16H,2-6,11-15H2,1H3,(H,20,23). The number of rotatable bonds is 5. The van der Waals surface area contributed by atoms with Crippen LogP contribution in [-0.2, 0) is 14.8 Å². The van der Waals surface area contributed by atoms with Crippen molar-refractivity contribution in [2.45, 2.75) is 43.9 Å². The molecule has 2 saturated heterocycles. The molecular formula is C19H29N3O3S. The van der Waals surface area contributed by atoms with E-state index < -0.39 is 10.0 Å². The Kier molecular flexibility index (Phi) is 6.32. The van der Waals surface area contributed by atoms with Crippen LogP contribution in [0.3, 0.4) is 0 Å². The molecule has 2 fully saturated rings. The van der Waals surface area contributed by atoms with Gasteiger partial charge in [0, 0.05) is 18.8 Å². The molecule has 7 heteroatoms. The van der Waals surface area contributed by atoms with Crippen molar-refractivity contribution in [1.82, 2.24) is 9.21 Å². The lowest BCUT2D eigenvalue weighted by molar-refractivity contribution is -0.117. The van der Waals surface area contributed by atoms with Gasteiger partial charge in [-0.1, -0.05) is 13.3 Å². The number of hydrogen-bond donors (Lipinski definition) is 1. The molecule has 3 rings (SSSR count). The maximum absolute atomic E-state index is 12.8. The second kappa shape index (κ2) is 8.50. The average molecular weight is 380 g/mol. The van der Waals surface area contributed by atoms with E-state index in [0.29, 0.717) is 36.1 Å². The molecule has 1 amide bonds. The number of nitrogens with one attached hydrogen (secondary N) is 1. The van der Waals surface area contributed by atoms with Gasteiger partial charge in [-0.15, -0.1) is 0 Å². The van der Waals surface area contributed by atoms with E-state index in [1.54, 1.807) is 28.6 Å². The molecule has 0 aliphatic carbocycles. The summed E-state index contributed by atoms with van der Waals surface area (Å²) in [6.07, 6.45) is 5.52. The van der Waals surface area contributed by atoms with Crippen molar-refractivity contribution in [3.63, 3.8) is 0 Å². The first-order valence-electron chi connectivity index (χ1n) is 9.57. The molecule has 0 bridgehead atoms. The molecule has 2 aliphatic rings. The normalized spacial score (nSPS) is 22.9. The van der Waals surface area contributed by atoms with Gasteiger partial charge in [-0.05, 0) is 69.0 Å². The molecular weight excluding hydrogens is 350 g/mol. The second-order valence-corrected chi connectivity index (χ2v) is 9.46. The van der Waals surface area contributed by atoms with E-state index in [1.807, 2.05) is 0 Å². The minimum atomic E-state index is -3.45. The van der Waals surface area contributed by atoms with Gasteiger partial charge in [-0.2, -0.15) is 4.31 Å². The Hall–Kier alpha value is -1.44. The number of carbonyl (C=O) groups excluding carboxylic acids is 1. The molecule has 1 atom stereocenters. The van der Waals surface area contributed by atoms with Gasteiger partial charge < -0.3 is 5.32 Å². The van der Waals surface area contributed by atoms with Crippen molar-refractivity contribution in [3.05, 3.63) is 24.3 Å². The number of carbonyl (C=O) groups is 1. The van der Waals surface area contributed by atoms with Gasteiger partial charge in [-0.3, -0.25) is 9.69 Å². The predicted molar refractivity (Wildman–Crippen MR) is 103 cm³/mol. The Morgan fingerprint density at radius 3 is 2.42 bits per heavy atom. The maximum Gasteiger partial charge on any atom is 0.243 e. The van der Waals surface area contributed by atoms with E-state index in [4.69, 9.17) is 0 Å². The number of benzene rings is 1. The SMILES string of the molecule is CC1CCCN(S(=O)(=O)c2ccc(NC(=O)CN3CCCCC3)cc2)C1. The van der Waals surface area contributed by atoms with E-state index in [0.717, 1.165) is 38.8 Å². The Balaban J connectivity index is 1.59. The quantitative estimate of drug-likeness (QED) is 0.853. The second-order valence-electron chi connectivity index (χ2n) is 7.52. The van der Waals surface area contributed by atoms with Gasteiger partial charge in [0.2, 0.25) is 15.9 Å². The fraction of sp³-hybridized carbons (Fsp3) is 0.632. The van der Waals surface area contributed by atoms with Crippen LogP contribution in [-0.4, -0.2) is 56.3 Å². The topological polar surface area (TPSA) is 69.7 Å². The highest BCUT2D eigenvalue weighted by molar-refractivity contribution is 7.89. The number of hydrogen-bond acceptors (Lipinski definition) is 4. The van der Waals surface area contributed by atoms with Gasteiger partial charge >= 0.3 is 0 Å². The number of anilines is 1. The molecule has 0 aromatic heterocycles. The third kappa shape index (κ3) is 4.84. The van der Waals surface area contributed by atoms with Gasteiger partial charge in [0.05, 0.1) is 11.4 Å². The first-order chi connectivity index (χ1) is 12.4. The molecule has 1 aromatic carbocycles. The summed E-state index contributed by atoms with van der Waals surface area (Å²) in [5.74, 6) is 0.347. The first-order valence-corrected chi connectivity index (χ1v) is 11.0. The molecule has 1 unspecified atom stereocenters. The molecule has 2 heterocycles. The predicted octanol–water partition coefficient (Wildman–Crippen LogP) is 2.53. The van der Waals surface area contributed by atoms with Crippen LogP contribution in [0.15, 0.2) is 29.2 Å². The minimum absolute atomic E-state index is 0.0487. The summed E-state index contributed by atoms with van der Waals surface area (Å²) >= 11 is 0. The van der Waals surface area contributed by atoms with E-state index in [2.05, 4.69) is 17.1 Å². The summed E-state index contributed by atoms with van der Waals surface area (Å²) in [4.78, 5) is 14.6. The van der Waals surface area contributed by atoms with Crippen molar-refractivity contribution in [3.8, 4) is 0 Å². The molecule has 26 heavy (non-hydrogen) atoms. The highest BCUT2D eigenvalue weighted by atomic mass is 32.2. The van der Waals surface area contributed by atoms with Crippen molar-refractivity contribution >= 4 is 21.6 Å². The van der Waals surface area contributed by atoms with Gasteiger partial charge in [0.15, 0.2) is 0 Å². The highest BCUT2D eigenvalue weighted by Gasteiger charge is 2.28. The lowest BCUT2D eigenvalue weighted by atomic mass is 10.0.